The number of rotatable bonds is 2. The Kier molecular flexibility index (Phi) is 3.34. The molecule has 1 aliphatic rings. The van der Waals surface area contributed by atoms with Crippen molar-refractivity contribution < 1.29 is 9.64 Å². The van der Waals surface area contributed by atoms with Crippen LogP contribution < -0.4 is 4.90 Å². The fourth-order valence-electron chi connectivity index (χ4n) is 2.32. The molecule has 15 heavy (non-hydrogen) atoms. The van der Waals surface area contributed by atoms with E-state index in [4.69, 9.17) is 4.74 Å². The molecule has 1 unspecified atom stereocenters. The highest BCUT2D eigenvalue weighted by Gasteiger charge is 2.25. The van der Waals surface area contributed by atoms with Crippen molar-refractivity contribution in [3.8, 4) is 0 Å². The van der Waals surface area contributed by atoms with Gasteiger partial charge in [-0.25, -0.2) is 0 Å². The lowest BCUT2D eigenvalue weighted by Gasteiger charge is -2.32. The van der Waals surface area contributed by atoms with Crippen molar-refractivity contribution in [2.75, 3.05) is 13.1 Å². The van der Waals surface area contributed by atoms with E-state index in [2.05, 4.69) is 24.9 Å². The zero-order valence-corrected chi connectivity index (χ0v) is 9.44. The lowest BCUT2D eigenvalue weighted by molar-refractivity contribution is -0.928. The number of nitrogens with zero attached hydrogens (tertiary/aromatic N) is 1. The molecule has 82 valence electrons. The highest BCUT2D eigenvalue weighted by molar-refractivity contribution is 5.06. The van der Waals surface area contributed by atoms with Crippen molar-refractivity contribution in [3.05, 3.63) is 30.1 Å². The molecule has 1 saturated heterocycles. The monoisotopic (exact) mass is 207 g/mol. The zero-order chi connectivity index (χ0) is 10.7. The number of hydrogen-bond donors (Lipinski definition) is 1. The standard InChI is InChI=1S/C12H18N2O/c1-10-7-14(8-11(2)15-10)9-12-4-3-5-13-6-12/h3-6,10-11H,7-9H2,1-2H3/p+1/t10-,11+. The van der Waals surface area contributed by atoms with Gasteiger partial charge in [-0.3, -0.25) is 4.98 Å². The van der Waals surface area contributed by atoms with Crippen molar-refractivity contribution in [2.45, 2.75) is 32.6 Å². The summed E-state index contributed by atoms with van der Waals surface area (Å²) in [5, 5.41) is 0. The van der Waals surface area contributed by atoms with Gasteiger partial charge in [0, 0.05) is 18.0 Å². The van der Waals surface area contributed by atoms with E-state index in [-0.39, 0.29) is 0 Å². The van der Waals surface area contributed by atoms with E-state index in [1.807, 2.05) is 18.5 Å². The fraction of sp³-hybridized carbons (Fsp3) is 0.583. The Bertz CT molecular complexity index is 292. The van der Waals surface area contributed by atoms with Gasteiger partial charge in [-0.1, -0.05) is 6.07 Å². The Morgan fingerprint density at radius 2 is 2.13 bits per heavy atom. The zero-order valence-electron chi connectivity index (χ0n) is 9.44. The molecule has 3 atom stereocenters. The Labute approximate surface area is 91.1 Å². The maximum Gasteiger partial charge on any atom is 0.104 e. The SMILES string of the molecule is C[C@@H]1C[NH+](Cc2cccnc2)C[C@H](C)O1. The molecule has 1 aromatic heterocycles. The summed E-state index contributed by atoms with van der Waals surface area (Å²) in [4.78, 5) is 5.74. The van der Waals surface area contributed by atoms with E-state index in [0.717, 1.165) is 19.6 Å². The maximum atomic E-state index is 5.72. The molecule has 1 aromatic rings. The summed E-state index contributed by atoms with van der Waals surface area (Å²) in [6.07, 6.45) is 4.53. The van der Waals surface area contributed by atoms with Crippen LogP contribution in [0.1, 0.15) is 19.4 Å². The van der Waals surface area contributed by atoms with Crippen LogP contribution in [0, 0.1) is 0 Å². The fourth-order valence-corrected chi connectivity index (χ4v) is 2.32. The van der Waals surface area contributed by atoms with Crippen molar-refractivity contribution in [3.63, 3.8) is 0 Å². The van der Waals surface area contributed by atoms with Crippen LogP contribution in [0.15, 0.2) is 24.5 Å². The summed E-state index contributed by atoms with van der Waals surface area (Å²) in [6.45, 7) is 7.56. The first kappa shape index (κ1) is 10.6. The van der Waals surface area contributed by atoms with Crippen LogP contribution in [0.25, 0.3) is 0 Å². The maximum absolute atomic E-state index is 5.72. The summed E-state index contributed by atoms with van der Waals surface area (Å²) in [6, 6.07) is 4.15. The van der Waals surface area contributed by atoms with Gasteiger partial charge < -0.3 is 9.64 Å². The van der Waals surface area contributed by atoms with Gasteiger partial charge in [-0.15, -0.1) is 0 Å². The molecular formula is C12H19N2O+. The van der Waals surface area contributed by atoms with Gasteiger partial charge in [0.2, 0.25) is 0 Å². The van der Waals surface area contributed by atoms with Crippen molar-refractivity contribution >= 4 is 0 Å². The second kappa shape index (κ2) is 4.73. The smallest absolute Gasteiger partial charge is 0.104 e. The van der Waals surface area contributed by atoms with E-state index in [9.17, 15) is 0 Å². The van der Waals surface area contributed by atoms with Crippen LogP contribution >= 0.6 is 0 Å². The molecular weight excluding hydrogens is 188 g/mol. The van der Waals surface area contributed by atoms with Crippen LogP contribution in [0.2, 0.25) is 0 Å². The predicted octanol–water partition coefficient (Wildman–Crippen LogP) is 0.274. The first-order valence-electron chi connectivity index (χ1n) is 5.62. The average Bonchev–Trinajstić information content (AvgIpc) is 2.17. The molecule has 2 rings (SSSR count). The number of ether oxygens (including phenoxy) is 1. The molecule has 0 aliphatic carbocycles. The van der Waals surface area contributed by atoms with E-state index >= 15 is 0 Å². The molecule has 0 radical (unpaired) electrons. The number of nitrogens with one attached hydrogen (secondary N) is 1. The quantitative estimate of drug-likeness (QED) is 0.753. The Morgan fingerprint density at radius 3 is 2.73 bits per heavy atom. The highest BCUT2D eigenvalue weighted by atomic mass is 16.5. The molecule has 1 N–H and O–H groups in total. The predicted molar refractivity (Wildman–Crippen MR) is 58.6 cm³/mol. The van der Waals surface area contributed by atoms with E-state index < -0.39 is 0 Å². The van der Waals surface area contributed by atoms with Gasteiger partial charge in [0.05, 0.1) is 0 Å². The average molecular weight is 207 g/mol. The molecule has 1 aliphatic heterocycles. The van der Waals surface area contributed by atoms with Crippen molar-refractivity contribution in [1.29, 1.82) is 0 Å². The van der Waals surface area contributed by atoms with Crippen molar-refractivity contribution in [2.24, 2.45) is 0 Å². The van der Waals surface area contributed by atoms with Gasteiger partial charge in [0.25, 0.3) is 0 Å². The number of pyridine rings is 1. The molecule has 0 amide bonds. The molecule has 2 heterocycles. The van der Waals surface area contributed by atoms with Crippen LogP contribution in [0.4, 0.5) is 0 Å². The Balaban J connectivity index is 1.94. The third-order valence-electron chi connectivity index (χ3n) is 2.79. The minimum absolute atomic E-state index is 0.375. The van der Waals surface area contributed by atoms with Gasteiger partial charge in [-0.05, 0) is 19.9 Å². The second-order valence-corrected chi connectivity index (χ2v) is 4.45. The Morgan fingerprint density at radius 1 is 1.40 bits per heavy atom. The number of hydrogen-bond acceptors (Lipinski definition) is 2. The van der Waals surface area contributed by atoms with Crippen LogP contribution in [-0.4, -0.2) is 30.3 Å². The summed E-state index contributed by atoms with van der Waals surface area (Å²) in [5.41, 5.74) is 1.31. The van der Waals surface area contributed by atoms with Crippen LogP contribution in [-0.2, 0) is 11.3 Å². The second-order valence-electron chi connectivity index (χ2n) is 4.45. The van der Waals surface area contributed by atoms with Crippen LogP contribution in [0.5, 0.6) is 0 Å². The van der Waals surface area contributed by atoms with Crippen molar-refractivity contribution in [1.82, 2.24) is 4.98 Å². The van der Waals surface area contributed by atoms with Gasteiger partial charge >= 0.3 is 0 Å². The lowest BCUT2D eigenvalue weighted by atomic mass is 10.2. The largest absolute Gasteiger partial charge is 0.364 e. The molecule has 0 bridgehead atoms. The van der Waals surface area contributed by atoms with Gasteiger partial charge in [-0.2, -0.15) is 0 Å². The van der Waals surface area contributed by atoms with Gasteiger partial charge in [0.15, 0.2) is 0 Å². The van der Waals surface area contributed by atoms with Crippen LogP contribution in [0.3, 0.4) is 0 Å². The normalized spacial score (nSPS) is 31.5. The molecule has 1 fully saturated rings. The summed E-state index contributed by atoms with van der Waals surface area (Å²) < 4.78 is 5.72. The number of aromatic nitrogens is 1. The highest BCUT2D eigenvalue weighted by Crippen LogP contribution is 2.00. The van der Waals surface area contributed by atoms with E-state index in [0.29, 0.717) is 12.2 Å². The molecule has 0 aromatic carbocycles. The third kappa shape index (κ3) is 3.01. The first-order chi connectivity index (χ1) is 7.24. The summed E-state index contributed by atoms with van der Waals surface area (Å²) in [7, 11) is 0. The minimum atomic E-state index is 0.375. The molecule has 0 saturated carbocycles. The summed E-state index contributed by atoms with van der Waals surface area (Å²) >= 11 is 0. The number of quaternary nitrogens is 1. The third-order valence-corrected chi connectivity index (χ3v) is 2.79. The number of morpholine rings is 1. The molecule has 3 heteroatoms. The molecule has 3 nitrogen and oxygen atoms in total. The topological polar surface area (TPSA) is 26.6 Å². The van der Waals surface area contributed by atoms with Gasteiger partial charge in [0.1, 0.15) is 31.8 Å². The summed E-state index contributed by atoms with van der Waals surface area (Å²) in [5.74, 6) is 0. The first-order valence-corrected chi connectivity index (χ1v) is 5.62. The van der Waals surface area contributed by atoms with E-state index in [1.165, 1.54) is 5.56 Å². The molecule has 0 spiro atoms. The lowest BCUT2D eigenvalue weighted by Crippen LogP contribution is -3.14. The minimum Gasteiger partial charge on any atom is -0.364 e. The Hall–Kier alpha value is -0.930. The van der Waals surface area contributed by atoms with E-state index in [1.54, 1.807) is 4.90 Å².